The van der Waals surface area contributed by atoms with Gasteiger partial charge < -0.3 is 10.5 Å². The lowest BCUT2D eigenvalue weighted by atomic mass is 9.56. The van der Waals surface area contributed by atoms with Crippen molar-refractivity contribution in [2.45, 2.75) is 30.8 Å². The Morgan fingerprint density at radius 1 is 1.14 bits per heavy atom. The highest BCUT2D eigenvalue weighted by atomic mass is 16.5. The van der Waals surface area contributed by atoms with Gasteiger partial charge in [0.2, 0.25) is 0 Å². The Morgan fingerprint density at radius 3 is 2.39 bits per heavy atom. The monoisotopic (exact) mass is 371 g/mol. The van der Waals surface area contributed by atoms with Crippen molar-refractivity contribution in [1.29, 1.82) is 15.8 Å². The molecule has 3 aliphatic rings. The van der Waals surface area contributed by atoms with E-state index in [4.69, 9.17) is 10.5 Å². The van der Waals surface area contributed by atoms with Crippen LogP contribution in [0.1, 0.15) is 24.3 Å². The average molecular weight is 371 g/mol. The van der Waals surface area contributed by atoms with Crippen LogP contribution in [0.2, 0.25) is 0 Å². The van der Waals surface area contributed by atoms with E-state index in [0.29, 0.717) is 11.3 Å². The second kappa shape index (κ2) is 6.41. The maximum absolute atomic E-state index is 10.1. The van der Waals surface area contributed by atoms with E-state index >= 15 is 0 Å². The molecule has 1 aromatic carbocycles. The standard InChI is InChI=1S/C22H21N5O/c1-27-14-5-8-18(27)19-16(9-14)17(10-23)21(26)22(11-24,12-25)20(19)13-3-6-15(28-2)7-4-13/h3-4,6-7,9,14,18-20H,5,8,26H2,1-2H3. The minimum Gasteiger partial charge on any atom is -0.497 e. The predicted octanol–water partition coefficient (Wildman–Crippen LogP) is 2.58. The van der Waals surface area contributed by atoms with Gasteiger partial charge in [0.1, 0.15) is 11.8 Å². The zero-order valence-corrected chi connectivity index (χ0v) is 15.9. The molecule has 0 radical (unpaired) electrons. The van der Waals surface area contributed by atoms with Crippen LogP contribution in [-0.2, 0) is 0 Å². The zero-order valence-electron chi connectivity index (χ0n) is 15.9. The summed E-state index contributed by atoms with van der Waals surface area (Å²) in [7, 11) is 3.68. The molecule has 0 amide bonds. The van der Waals surface area contributed by atoms with E-state index in [1.165, 1.54) is 0 Å². The molecule has 28 heavy (non-hydrogen) atoms. The summed E-state index contributed by atoms with van der Waals surface area (Å²) in [5, 5.41) is 30.1. The lowest BCUT2D eigenvalue weighted by Gasteiger charge is -2.48. The summed E-state index contributed by atoms with van der Waals surface area (Å²) in [6, 6.07) is 14.5. The summed E-state index contributed by atoms with van der Waals surface area (Å²) in [5.74, 6) is 0.111. The van der Waals surface area contributed by atoms with Crippen LogP contribution in [-0.4, -0.2) is 31.1 Å². The van der Waals surface area contributed by atoms with Crippen LogP contribution in [0.4, 0.5) is 0 Å². The number of allylic oxidation sites excluding steroid dienone is 2. The number of nitrogens with two attached hydrogens (primary N) is 1. The second-order valence-electron chi connectivity index (χ2n) is 7.71. The lowest BCUT2D eigenvalue weighted by molar-refractivity contribution is 0.160. The van der Waals surface area contributed by atoms with Crippen LogP contribution in [0.25, 0.3) is 0 Å². The molecule has 2 heterocycles. The van der Waals surface area contributed by atoms with Gasteiger partial charge in [-0.05, 0) is 43.2 Å². The van der Waals surface area contributed by atoms with Gasteiger partial charge in [-0.2, -0.15) is 15.8 Å². The molecule has 2 bridgehead atoms. The number of hydrogen-bond acceptors (Lipinski definition) is 6. The molecule has 1 saturated heterocycles. The van der Waals surface area contributed by atoms with E-state index in [2.05, 4.69) is 36.2 Å². The third kappa shape index (κ3) is 2.21. The molecule has 4 unspecified atom stereocenters. The topological polar surface area (TPSA) is 110 Å². The summed E-state index contributed by atoms with van der Waals surface area (Å²) in [6.07, 6.45) is 4.08. The van der Waals surface area contributed by atoms with Gasteiger partial charge in [0.15, 0.2) is 5.41 Å². The number of fused-ring (bicyclic) bond motifs is 4. The van der Waals surface area contributed by atoms with Gasteiger partial charge in [-0.15, -0.1) is 0 Å². The SMILES string of the molecule is COc1ccc(C2C3C(=CC4CCC3N4C)C(C#N)=C(N)C2(C#N)C#N)cc1. The van der Waals surface area contributed by atoms with Crippen LogP contribution in [0.5, 0.6) is 5.75 Å². The molecule has 0 spiro atoms. The fourth-order valence-corrected chi connectivity index (χ4v) is 5.27. The highest BCUT2D eigenvalue weighted by Crippen LogP contribution is 2.58. The molecule has 0 saturated carbocycles. The maximum atomic E-state index is 10.1. The number of nitriles is 3. The van der Waals surface area contributed by atoms with Gasteiger partial charge in [-0.25, -0.2) is 0 Å². The van der Waals surface area contributed by atoms with Crippen molar-refractivity contribution in [3.8, 4) is 24.0 Å². The molecule has 6 heteroatoms. The van der Waals surface area contributed by atoms with E-state index in [0.717, 1.165) is 24.0 Å². The van der Waals surface area contributed by atoms with Crippen LogP contribution in [0.3, 0.4) is 0 Å². The van der Waals surface area contributed by atoms with Crippen molar-refractivity contribution >= 4 is 0 Å². The Morgan fingerprint density at radius 2 is 1.82 bits per heavy atom. The Labute approximate surface area is 164 Å². The molecule has 1 aliphatic carbocycles. The molecule has 2 aliphatic heterocycles. The molecule has 1 fully saturated rings. The van der Waals surface area contributed by atoms with E-state index < -0.39 is 11.3 Å². The maximum Gasteiger partial charge on any atom is 0.191 e. The first-order valence-corrected chi connectivity index (χ1v) is 9.33. The van der Waals surface area contributed by atoms with Crippen LogP contribution < -0.4 is 10.5 Å². The number of benzene rings is 1. The zero-order chi connectivity index (χ0) is 20.1. The Kier molecular flexibility index (Phi) is 4.15. The highest BCUT2D eigenvalue weighted by molar-refractivity contribution is 5.60. The van der Waals surface area contributed by atoms with Crippen molar-refractivity contribution in [3.05, 3.63) is 52.7 Å². The quantitative estimate of drug-likeness (QED) is 0.855. The highest BCUT2D eigenvalue weighted by Gasteiger charge is 2.58. The number of likely N-dealkylation sites (N-methyl/N-ethyl adjacent to an activating group) is 1. The summed E-state index contributed by atoms with van der Waals surface area (Å²) in [4.78, 5) is 2.31. The van der Waals surface area contributed by atoms with E-state index in [9.17, 15) is 15.8 Å². The summed E-state index contributed by atoms with van der Waals surface area (Å²) in [6.45, 7) is 0. The average Bonchev–Trinajstić information content (AvgIpc) is 2.96. The predicted molar refractivity (Wildman–Crippen MR) is 102 cm³/mol. The summed E-state index contributed by atoms with van der Waals surface area (Å²) < 4.78 is 5.26. The van der Waals surface area contributed by atoms with Crippen molar-refractivity contribution in [2.75, 3.05) is 14.2 Å². The van der Waals surface area contributed by atoms with Gasteiger partial charge in [-0.1, -0.05) is 18.2 Å². The molecule has 1 aromatic rings. The first kappa shape index (κ1) is 18.1. The Hall–Kier alpha value is -3.27. The molecule has 2 N–H and O–H groups in total. The van der Waals surface area contributed by atoms with Gasteiger partial charge >= 0.3 is 0 Å². The molecule has 0 aromatic heterocycles. The summed E-state index contributed by atoms with van der Waals surface area (Å²) in [5.41, 5.74) is 6.91. The fourth-order valence-electron chi connectivity index (χ4n) is 5.27. The smallest absolute Gasteiger partial charge is 0.191 e. The molecule has 4 rings (SSSR count). The molecular formula is C22H21N5O. The fraction of sp³-hybridized carbons (Fsp3) is 0.409. The van der Waals surface area contributed by atoms with E-state index in [1.54, 1.807) is 7.11 Å². The molecule has 6 nitrogen and oxygen atoms in total. The van der Waals surface area contributed by atoms with Crippen molar-refractivity contribution < 1.29 is 4.74 Å². The van der Waals surface area contributed by atoms with E-state index in [-0.39, 0.29) is 23.7 Å². The van der Waals surface area contributed by atoms with Crippen molar-refractivity contribution in [3.63, 3.8) is 0 Å². The van der Waals surface area contributed by atoms with Crippen molar-refractivity contribution in [1.82, 2.24) is 4.90 Å². The Bertz CT molecular complexity index is 987. The number of hydrogen-bond donors (Lipinski definition) is 1. The van der Waals surface area contributed by atoms with Crippen LogP contribution in [0, 0.1) is 45.3 Å². The minimum atomic E-state index is -1.59. The normalized spacial score (nSPS) is 30.5. The Balaban J connectivity index is 2.01. The first-order chi connectivity index (χ1) is 13.5. The second-order valence-corrected chi connectivity index (χ2v) is 7.71. The first-order valence-electron chi connectivity index (χ1n) is 9.33. The molecule has 140 valence electrons. The minimum absolute atomic E-state index is 0.0762. The van der Waals surface area contributed by atoms with Crippen LogP contribution >= 0.6 is 0 Å². The van der Waals surface area contributed by atoms with Gasteiger partial charge in [0.25, 0.3) is 0 Å². The largest absolute Gasteiger partial charge is 0.497 e. The number of nitrogens with zero attached hydrogens (tertiary/aromatic N) is 4. The number of ether oxygens (including phenoxy) is 1. The third-order valence-electron chi connectivity index (χ3n) is 6.70. The van der Waals surface area contributed by atoms with Gasteiger partial charge in [0, 0.05) is 23.9 Å². The third-order valence-corrected chi connectivity index (χ3v) is 6.70. The van der Waals surface area contributed by atoms with Crippen LogP contribution in [0.15, 0.2) is 47.2 Å². The number of methoxy groups -OCH3 is 1. The molecule has 4 atom stereocenters. The van der Waals surface area contributed by atoms with Crippen molar-refractivity contribution in [2.24, 2.45) is 17.1 Å². The van der Waals surface area contributed by atoms with Gasteiger partial charge in [-0.3, -0.25) is 4.90 Å². The van der Waals surface area contributed by atoms with Gasteiger partial charge in [0.05, 0.1) is 30.5 Å². The molecular weight excluding hydrogens is 350 g/mol. The number of rotatable bonds is 2. The van der Waals surface area contributed by atoms with E-state index in [1.807, 2.05) is 24.3 Å². The lowest BCUT2D eigenvalue weighted by Crippen LogP contribution is -2.51. The summed E-state index contributed by atoms with van der Waals surface area (Å²) >= 11 is 0.